The Morgan fingerprint density at radius 3 is 2.59 bits per heavy atom. The summed E-state index contributed by atoms with van der Waals surface area (Å²) in [6.07, 6.45) is 1.04. The van der Waals surface area contributed by atoms with Gasteiger partial charge in [-0.3, -0.25) is 4.79 Å². The lowest BCUT2D eigenvalue weighted by Crippen LogP contribution is -2.31. The molecule has 3 rings (SSSR count). The van der Waals surface area contributed by atoms with E-state index in [0.717, 1.165) is 6.26 Å². The summed E-state index contributed by atoms with van der Waals surface area (Å²) in [7, 11) is -2.13. The van der Waals surface area contributed by atoms with Crippen LogP contribution in [0.1, 0.15) is 5.56 Å². The zero-order valence-electron chi connectivity index (χ0n) is 14.7. The van der Waals surface area contributed by atoms with Crippen LogP contribution in [0, 0.1) is 5.82 Å². The summed E-state index contributed by atoms with van der Waals surface area (Å²) in [5.41, 5.74) is 1.21. The molecule has 0 aliphatic rings. The molecule has 0 aliphatic carbocycles. The van der Waals surface area contributed by atoms with E-state index >= 15 is 0 Å². The average molecular weight is 410 g/mol. The number of halogens is 2. The van der Waals surface area contributed by atoms with E-state index in [-0.39, 0.29) is 28.8 Å². The minimum atomic E-state index is -3.64. The summed E-state index contributed by atoms with van der Waals surface area (Å²) < 4.78 is 39.5. The Bertz CT molecular complexity index is 1110. The van der Waals surface area contributed by atoms with Gasteiger partial charge in [-0.2, -0.15) is 0 Å². The maximum absolute atomic E-state index is 14.0. The summed E-state index contributed by atoms with van der Waals surface area (Å²) in [4.78, 5) is 18.1. The maximum atomic E-state index is 14.0. The number of imidazole rings is 1. The Balaban J connectivity index is 1.92. The normalized spacial score (nSPS) is 11.7. The molecule has 1 aromatic heterocycles. The van der Waals surface area contributed by atoms with E-state index in [4.69, 9.17) is 11.6 Å². The van der Waals surface area contributed by atoms with Gasteiger partial charge in [-0.25, -0.2) is 17.8 Å². The predicted octanol–water partition coefficient (Wildman–Crippen LogP) is 2.89. The van der Waals surface area contributed by atoms with Crippen molar-refractivity contribution in [3.63, 3.8) is 0 Å². The number of carbonyl (C=O) groups excluding carboxylic acids is 1. The van der Waals surface area contributed by atoms with E-state index in [9.17, 15) is 17.6 Å². The summed E-state index contributed by atoms with van der Waals surface area (Å²) >= 11 is 6.01. The van der Waals surface area contributed by atoms with Gasteiger partial charge in [0, 0.05) is 30.4 Å². The third-order valence-electron chi connectivity index (χ3n) is 4.13. The highest BCUT2D eigenvalue weighted by molar-refractivity contribution is 7.90. The van der Waals surface area contributed by atoms with Crippen LogP contribution in [0.4, 0.5) is 4.39 Å². The second kappa shape index (κ2) is 7.28. The van der Waals surface area contributed by atoms with Gasteiger partial charge in [-0.1, -0.05) is 29.8 Å². The maximum Gasteiger partial charge on any atom is 0.242 e. The largest absolute Gasteiger partial charge is 0.340 e. The summed E-state index contributed by atoms with van der Waals surface area (Å²) in [5, 5.41) is 0.0360. The van der Waals surface area contributed by atoms with E-state index < -0.39 is 21.6 Å². The molecule has 0 spiro atoms. The minimum Gasteiger partial charge on any atom is -0.340 e. The number of hydrogen-bond donors (Lipinski definition) is 0. The molecule has 0 aliphatic heterocycles. The lowest BCUT2D eigenvalue weighted by Gasteiger charge is -2.19. The van der Waals surface area contributed by atoms with Crippen LogP contribution >= 0.6 is 11.6 Å². The molecule has 27 heavy (non-hydrogen) atoms. The highest BCUT2D eigenvalue weighted by atomic mass is 35.5. The Kier molecular flexibility index (Phi) is 5.21. The number of amides is 1. The van der Waals surface area contributed by atoms with E-state index in [1.54, 1.807) is 30.3 Å². The van der Waals surface area contributed by atoms with Crippen LogP contribution in [-0.4, -0.2) is 42.1 Å². The van der Waals surface area contributed by atoms with Crippen molar-refractivity contribution in [2.75, 3.05) is 13.3 Å². The number of sulfone groups is 1. The van der Waals surface area contributed by atoms with Crippen molar-refractivity contribution in [2.24, 2.45) is 0 Å². The van der Waals surface area contributed by atoms with Gasteiger partial charge in [0.2, 0.25) is 20.9 Å². The van der Waals surface area contributed by atoms with Crippen LogP contribution in [0.3, 0.4) is 0 Å². The van der Waals surface area contributed by atoms with Gasteiger partial charge in [0.25, 0.3) is 0 Å². The first-order valence-electron chi connectivity index (χ1n) is 8.00. The fourth-order valence-corrected chi connectivity index (χ4v) is 3.80. The summed E-state index contributed by atoms with van der Waals surface area (Å²) in [6.45, 7) is -0.281. The molecule has 9 heteroatoms. The number of aromatic nitrogens is 2. The topological polar surface area (TPSA) is 72.3 Å². The van der Waals surface area contributed by atoms with Crippen LogP contribution in [-0.2, 0) is 27.7 Å². The number of para-hydroxylation sites is 2. The number of likely N-dealkylation sites (N-methyl/N-ethyl adjacent to an activating group) is 1. The molecule has 2 aromatic carbocycles. The standard InChI is InChI=1S/C18H17ClFN3O3S/c1-22(10-12-13(19)6-5-7-14(12)20)17(24)11-23-16-9-4-3-8-15(16)21-18(23)27(2,25)26/h3-9H,10-11H2,1-2H3. The fraction of sp³-hybridized carbons (Fsp3) is 0.222. The van der Waals surface area contributed by atoms with Gasteiger partial charge in [-0.15, -0.1) is 0 Å². The Morgan fingerprint density at radius 2 is 1.93 bits per heavy atom. The molecule has 0 unspecified atom stereocenters. The van der Waals surface area contributed by atoms with Crippen molar-refractivity contribution in [1.82, 2.24) is 14.5 Å². The second-order valence-corrected chi connectivity index (χ2v) is 8.51. The van der Waals surface area contributed by atoms with Gasteiger partial charge in [0.05, 0.1) is 11.0 Å². The minimum absolute atomic E-state index is 0.0365. The Labute approximate surface area is 161 Å². The molecule has 0 saturated heterocycles. The van der Waals surface area contributed by atoms with Crippen LogP contribution < -0.4 is 0 Å². The quantitative estimate of drug-likeness (QED) is 0.649. The molecule has 0 atom stereocenters. The third kappa shape index (κ3) is 3.96. The number of rotatable bonds is 5. The molecule has 0 radical (unpaired) electrons. The smallest absolute Gasteiger partial charge is 0.242 e. The Morgan fingerprint density at radius 1 is 1.22 bits per heavy atom. The van der Waals surface area contributed by atoms with E-state index in [1.807, 2.05) is 0 Å². The van der Waals surface area contributed by atoms with Crippen molar-refractivity contribution in [3.8, 4) is 0 Å². The zero-order valence-corrected chi connectivity index (χ0v) is 16.3. The first kappa shape index (κ1) is 19.3. The molecular weight excluding hydrogens is 393 g/mol. The number of nitrogens with zero attached hydrogens (tertiary/aromatic N) is 3. The first-order valence-corrected chi connectivity index (χ1v) is 10.3. The summed E-state index contributed by atoms with van der Waals surface area (Å²) in [5.74, 6) is -0.908. The van der Waals surface area contributed by atoms with Gasteiger partial charge in [0.1, 0.15) is 12.4 Å². The fourth-order valence-electron chi connectivity index (χ4n) is 2.75. The van der Waals surface area contributed by atoms with Gasteiger partial charge in [0.15, 0.2) is 0 Å². The summed E-state index contributed by atoms with van der Waals surface area (Å²) in [6, 6.07) is 11.1. The molecule has 3 aromatic rings. The van der Waals surface area contributed by atoms with Crippen LogP contribution in [0.25, 0.3) is 11.0 Å². The molecule has 1 heterocycles. The Hall–Kier alpha value is -2.45. The van der Waals surface area contributed by atoms with Crippen LogP contribution in [0.15, 0.2) is 47.6 Å². The highest BCUT2D eigenvalue weighted by Crippen LogP contribution is 2.22. The van der Waals surface area contributed by atoms with Crippen molar-refractivity contribution >= 4 is 38.4 Å². The molecular formula is C18H17ClFN3O3S. The highest BCUT2D eigenvalue weighted by Gasteiger charge is 2.22. The van der Waals surface area contributed by atoms with Crippen LogP contribution in [0.2, 0.25) is 5.02 Å². The average Bonchev–Trinajstić information content (AvgIpc) is 2.97. The molecule has 0 fully saturated rings. The monoisotopic (exact) mass is 409 g/mol. The second-order valence-electron chi connectivity index (χ2n) is 6.19. The molecule has 1 amide bonds. The molecule has 0 bridgehead atoms. The van der Waals surface area contributed by atoms with Gasteiger partial charge < -0.3 is 9.47 Å². The van der Waals surface area contributed by atoms with E-state index in [2.05, 4.69) is 4.98 Å². The van der Waals surface area contributed by atoms with Gasteiger partial charge >= 0.3 is 0 Å². The van der Waals surface area contributed by atoms with Crippen molar-refractivity contribution in [2.45, 2.75) is 18.2 Å². The van der Waals surface area contributed by atoms with E-state index in [1.165, 1.54) is 28.6 Å². The zero-order chi connectivity index (χ0) is 19.8. The third-order valence-corrected chi connectivity index (χ3v) is 5.46. The predicted molar refractivity (Wildman–Crippen MR) is 101 cm³/mol. The number of carbonyl (C=O) groups is 1. The molecule has 142 valence electrons. The van der Waals surface area contributed by atoms with Crippen molar-refractivity contribution < 1.29 is 17.6 Å². The SMILES string of the molecule is CN(Cc1c(F)cccc1Cl)C(=O)Cn1c(S(C)(=O)=O)nc2ccccc21. The van der Waals surface area contributed by atoms with Gasteiger partial charge in [-0.05, 0) is 24.3 Å². The number of benzene rings is 2. The van der Waals surface area contributed by atoms with Crippen molar-refractivity contribution in [1.29, 1.82) is 0 Å². The number of fused-ring (bicyclic) bond motifs is 1. The molecule has 0 N–H and O–H groups in total. The molecule has 0 saturated carbocycles. The first-order chi connectivity index (χ1) is 12.7. The molecule has 6 nitrogen and oxygen atoms in total. The lowest BCUT2D eigenvalue weighted by atomic mass is 10.2. The lowest BCUT2D eigenvalue weighted by molar-refractivity contribution is -0.131. The van der Waals surface area contributed by atoms with Crippen LogP contribution in [0.5, 0.6) is 0 Å². The van der Waals surface area contributed by atoms with Crippen molar-refractivity contribution in [3.05, 3.63) is 58.9 Å². The van der Waals surface area contributed by atoms with E-state index in [0.29, 0.717) is 11.0 Å². The number of hydrogen-bond acceptors (Lipinski definition) is 4.